The molecule has 0 aliphatic heterocycles. The van der Waals surface area contributed by atoms with Gasteiger partial charge < -0.3 is 5.32 Å². The molecule has 0 aliphatic carbocycles. The molecule has 1 rings (SSSR count). The zero-order valence-electron chi connectivity index (χ0n) is 7.73. The second-order valence-corrected chi connectivity index (χ2v) is 2.65. The smallest absolute Gasteiger partial charge is 0.307 e. The average molecular weight is 193 g/mol. The fourth-order valence-electron chi connectivity index (χ4n) is 0.867. The number of para-hydroxylation sites is 1. The SMILES string of the molecule is CN(C=O)NC(=O)Nc1ccccc1. The molecule has 0 aromatic heterocycles. The van der Waals surface area contributed by atoms with Crippen LogP contribution in [0.2, 0.25) is 0 Å². The summed E-state index contributed by atoms with van der Waals surface area (Å²) in [5, 5.41) is 3.58. The Kier molecular flexibility index (Phi) is 3.49. The number of anilines is 1. The van der Waals surface area contributed by atoms with Gasteiger partial charge in [-0.25, -0.2) is 10.2 Å². The quantitative estimate of drug-likeness (QED) is 0.551. The van der Waals surface area contributed by atoms with Crippen molar-refractivity contribution >= 4 is 18.1 Å². The van der Waals surface area contributed by atoms with Crippen LogP contribution in [0.5, 0.6) is 0 Å². The number of urea groups is 1. The van der Waals surface area contributed by atoms with Crippen LogP contribution in [0.3, 0.4) is 0 Å². The molecule has 0 spiro atoms. The zero-order valence-corrected chi connectivity index (χ0v) is 7.73. The Bertz CT molecular complexity index is 313. The normalized spacial score (nSPS) is 8.93. The first kappa shape index (κ1) is 10.0. The molecule has 0 aliphatic rings. The molecule has 3 amide bonds. The van der Waals surface area contributed by atoms with Gasteiger partial charge in [-0.05, 0) is 12.1 Å². The first-order chi connectivity index (χ1) is 6.72. The molecule has 0 heterocycles. The molecule has 1 aromatic carbocycles. The lowest BCUT2D eigenvalue weighted by Crippen LogP contribution is -2.40. The van der Waals surface area contributed by atoms with Crippen LogP contribution in [0, 0.1) is 0 Å². The van der Waals surface area contributed by atoms with Crippen LogP contribution in [0.1, 0.15) is 0 Å². The number of rotatable bonds is 3. The van der Waals surface area contributed by atoms with Crippen LogP contribution >= 0.6 is 0 Å². The number of carbonyl (C=O) groups is 2. The van der Waals surface area contributed by atoms with Gasteiger partial charge in [-0.3, -0.25) is 9.80 Å². The van der Waals surface area contributed by atoms with Crippen molar-refractivity contribution in [3.05, 3.63) is 30.3 Å². The Morgan fingerprint density at radius 2 is 2.00 bits per heavy atom. The van der Waals surface area contributed by atoms with Gasteiger partial charge in [0.15, 0.2) is 0 Å². The number of benzene rings is 1. The van der Waals surface area contributed by atoms with Crippen LogP contribution in [0.4, 0.5) is 10.5 Å². The number of hydrazine groups is 1. The molecule has 5 nitrogen and oxygen atoms in total. The largest absolute Gasteiger partial charge is 0.338 e. The van der Waals surface area contributed by atoms with Gasteiger partial charge in [0.25, 0.3) is 0 Å². The minimum Gasteiger partial charge on any atom is -0.307 e. The van der Waals surface area contributed by atoms with Crippen molar-refractivity contribution in [2.45, 2.75) is 0 Å². The Morgan fingerprint density at radius 3 is 2.57 bits per heavy atom. The summed E-state index contributed by atoms with van der Waals surface area (Å²) in [6.45, 7) is 0. The predicted octanol–water partition coefficient (Wildman–Crippen LogP) is 0.811. The highest BCUT2D eigenvalue weighted by molar-refractivity contribution is 5.89. The van der Waals surface area contributed by atoms with Crippen molar-refractivity contribution in [1.82, 2.24) is 10.4 Å². The van der Waals surface area contributed by atoms with Gasteiger partial charge >= 0.3 is 6.03 Å². The van der Waals surface area contributed by atoms with Crippen molar-refractivity contribution in [3.8, 4) is 0 Å². The molecule has 14 heavy (non-hydrogen) atoms. The maximum absolute atomic E-state index is 11.2. The molecule has 0 atom stereocenters. The fourth-order valence-corrected chi connectivity index (χ4v) is 0.867. The molecular formula is C9H11N3O2. The van der Waals surface area contributed by atoms with Crippen LogP contribution in [-0.4, -0.2) is 24.5 Å². The second kappa shape index (κ2) is 4.86. The Morgan fingerprint density at radius 1 is 1.36 bits per heavy atom. The summed E-state index contributed by atoms with van der Waals surface area (Å²) < 4.78 is 0. The van der Waals surface area contributed by atoms with E-state index in [1.165, 1.54) is 7.05 Å². The van der Waals surface area contributed by atoms with Crippen molar-refractivity contribution in [1.29, 1.82) is 0 Å². The second-order valence-electron chi connectivity index (χ2n) is 2.65. The lowest BCUT2D eigenvalue weighted by Gasteiger charge is -2.12. The molecule has 0 saturated carbocycles. The van der Waals surface area contributed by atoms with Gasteiger partial charge in [-0.1, -0.05) is 18.2 Å². The van der Waals surface area contributed by atoms with E-state index in [9.17, 15) is 9.59 Å². The van der Waals surface area contributed by atoms with Crippen LogP contribution in [0.25, 0.3) is 0 Å². The Hall–Kier alpha value is -2.04. The highest BCUT2D eigenvalue weighted by atomic mass is 16.2. The Balaban J connectivity index is 2.46. The van der Waals surface area contributed by atoms with Gasteiger partial charge in [-0.15, -0.1) is 0 Å². The van der Waals surface area contributed by atoms with Gasteiger partial charge in [-0.2, -0.15) is 0 Å². The van der Waals surface area contributed by atoms with Crippen molar-refractivity contribution in [3.63, 3.8) is 0 Å². The van der Waals surface area contributed by atoms with Gasteiger partial charge in [0, 0.05) is 12.7 Å². The lowest BCUT2D eigenvalue weighted by atomic mass is 10.3. The first-order valence-electron chi connectivity index (χ1n) is 4.03. The summed E-state index contributed by atoms with van der Waals surface area (Å²) in [5.41, 5.74) is 2.96. The molecule has 74 valence electrons. The minimum absolute atomic E-state index is 0.453. The van der Waals surface area contributed by atoms with Crippen LogP contribution < -0.4 is 10.7 Å². The maximum atomic E-state index is 11.2. The highest BCUT2D eigenvalue weighted by Crippen LogP contribution is 2.03. The van der Waals surface area contributed by atoms with Gasteiger partial charge in [0.1, 0.15) is 0 Å². The molecule has 2 N–H and O–H groups in total. The number of nitrogens with one attached hydrogen (secondary N) is 2. The lowest BCUT2D eigenvalue weighted by molar-refractivity contribution is -0.118. The van der Waals surface area contributed by atoms with E-state index in [-0.39, 0.29) is 0 Å². The highest BCUT2D eigenvalue weighted by Gasteiger charge is 2.01. The fraction of sp³-hybridized carbons (Fsp3) is 0.111. The third kappa shape index (κ3) is 3.14. The summed E-state index contributed by atoms with van der Waals surface area (Å²) in [6.07, 6.45) is 0.505. The Labute approximate surface area is 81.7 Å². The molecule has 0 bridgehead atoms. The summed E-state index contributed by atoms with van der Waals surface area (Å²) in [6, 6.07) is 8.51. The van der Waals surface area contributed by atoms with E-state index in [0.717, 1.165) is 5.01 Å². The monoisotopic (exact) mass is 193 g/mol. The van der Waals surface area contributed by atoms with Crippen molar-refractivity contribution in [2.75, 3.05) is 12.4 Å². The van der Waals surface area contributed by atoms with E-state index in [0.29, 0.717) is 12.1 Å². The van der Waals surface area contributed by atoms with E-state index in [4.69, 9.17) is 0 Å². The molecule has 0 fully saturated rings. The van der Waals surface area contributed by atoms with E-state index in [1.807, 2.05) is 6.07 Å². The van der Waals surface area contributed by atoms with Crippen LogP contribution in [-0.2, 0) is 4.79 Å². The summed E-state index contributed by atoms with van der Waals surface area (Å²) in [7, 11) is 1.44. The summed E-state index contributed by atoms with van der Waals surface area (Å²) >= 11 is 0. The molecular weight excluding hydrogens is 182 g/mol. The van der Waals surface area contributed by atoms with E-state index in [2.05, 4.69) is 10.7 Å². The van der Waals surface area contributed by atoms with Crippen LogP contribution in [0.15, 0.2) is 30.3 Å². The van der Waals surface area contributed by atoms with Crippen molar-refractivity contribution < 1.29 is 9.59 Å². The molecule has 0 saturated heterocycles. The number of nitrogens with zero attached hydrogens (tertiary/aromatic N) is 1. The maximum Gasteiger partial charge on any atom is 0.338 e. The predicted molar refractivity (Wildman–Crippen MR) is 52.4 cm³/mol. The van der Waals surface area contributed by atoms with Crippen molar-refractivity contribution in [2.24, 2.45) is 0 Å². The molecule has 5 heteroatoms. The third-order valence-corrected chi connectivity index (χ3v) is 1.47. The number of carbonyl (C=O) groups excluding carboxylic acids is 2. The van der Waals surface area contributed by atoms with E-state index in [1.54, 1.807) is 24.3 Å². The first-order valence-corrected chi connectivity index (χ1v) is 4.03. The van der Waals surface area contributed by atoms with Gasteiger partial charge in [0.2, 0.25) is 6.41 Å². The number of hydrogen-bond acceptors (Lipinski definition) is 2. The topological polar surface area (TPSA) is 61.4 Å². The zero-order chi connectivity index (χ0) is 10.4. The number of amides is 3. The number of hydrogen-bond donors (Lipinski definition) is 2. The summed E-state index contributed by atoms with van der Waals surface area (Å²) in [4.78, 5) is 21.3. The van der Waals surface area contributed by atoms with E-state index < -0.39 is 6.03 Å². The summed E-state index contributed by atoms with van der Waals surface area (Å²) in [5.74, 6) is 0. The average Bonchev–Trinajstić information content (AvgIpc) is 2.19. The molecule has 1 aromatic rings. The minimum atomic E-state index is -0.453. The molecule has 0 radical (unpaired) electrons. The standard InChI is InChI=1S/C9H11N3O2/c1-12(7-13)11-9(14)10-8-5-3-2-4-6-8/h2-7H,1H3,(H2,10,11,14). The third-order valence-electron chi connectivity index (χ3n) is 1.47. The van der Waals surface area contributed by atoms with Gasteiger partial charge in [0.05, 0.1) is 0 Å². The molecule has 0 unspecified atom stereocenters. The van der Waals surface area contributed by atoms with E-state index >= 15 is 0 Å².